The van der Waals surface area contributed by atoms with E-state index in [2.05, 4.69) is 141 Å². The van der Waals surface area contributed by atoms with E-state index in [1.165, 1.54) is 83.5 Å². The fourth-order valence-electron chi connectivity index (χ4n) is 7.54. The number of phosphoric acid groups is 1. The highest BCUT2D eigenvalue weighted by Gasteiger charge is 2.24. The highest BCUT2D eigenvalue weighted by Crippen LogP contribution is 2.38. The number of phosphoric ester groups is 1. The summed E-state index contributed by atoms with van der Waals surface area (Å²) in [5.41, 5.74) is 0. The summed E-state index contributed by atoms with van der Waals surface area (Å²) in [4.78, 5) is 25.5. The molecule has 0 heterocycles. The number of allylic oxidation sites excluding steroid dienone is 20. The minimum atomic E-state index is -4.59. The van der Waals surface area contributed by atoms with Crippen LogP contribution in [0.2, 0.25) is 0 Å². The molecule has 0 aromatic carbocycles. The van der Waals surface area contributed by atoms with Crippen molar-refractivity contribution in [3.05, 3.63) is 122 Å². The average Bonchev–Trinajstić information content (AvgIpc) is 3.33. The summed E-state index contributed by atoms with van der Waals surface area (Å²) in [6, 6.07) is -0.833. The number of carbonyl (C=O) groups excluding carboxylic acids is 1. The fraction of sp³-hybridized carbons (Fsp3) is 0.661. The molecule has 0 rings (SSSR count). The molecule has 0 fully saturated rings. The van der Waals surface area contributed by atoms with E-state index in [0.717, 1.165) is 96.3 Å². The monoisotopic (exact) mass is 1010 g/mol. The highest BCUT2D eigenvalue weighted by atomic mass is 31.2. The molecule has 0 aliphatic heterocycles. The van der Waals surface area contributed by atoms with Gasteiger partial charge in [0.05, 0.1) is 39.9 Å². The smallest absolute Gasteiger partial charge is 0.268 e. The number of quaternary nitrogens is 1. The van der Waals surface area contributed by atoms with Gasteiger partial charge in [0.2, 0.25) is 5.91 Å². The normalized spacial score (nSPS) is 14.9. The maximum atomic E-state index is 13.0. The molecule has 1 amide bonds. The van der Waals surface area contributed by atoms with E-state index in [-0.39, 0.29) is 19.1 Å². The van der Waals surface area contributed by atoms with Gasteiger partial charge in [-0.25, -0.2) is 0 Å². The Morgan fingerprint density at radius 1 is 0.507 bits per heavy atom. The Balaban J connectivity index is 4.30. The number of carbonyl (C=O) groups is 1. The lowest BCUT2D eigenvalue weighted by Gasteiger charge is -2.30. The van der Waals surface area contributed by atoms with Crippen LogP contribution in [0, 0.1) is 0 Å². The zero-order valence-corrected chi connectivity index (χ0v) is 47.0. The molecule has 3 atom stereocenters. The van der Waals surface area contributed by atoms with Crippen molar-refractivity contribution in [1.82, 2.24) is 5.32 Å². The van der Waals surface area contributed by atoms with E-state index in [1.54, 1.807) is 0 Å². The van der Waals surface area contributed by atoms with Crippen LogP contribution in [0.25, 0.3) is 0 Å². The summed E-state index contributed by atoms with van der Waals surface area (Å²) in [6.45, 7) is 4.56. The highest BCUT2D eigenvalue weighted by molar-refractivity contribution is 7.45. The van der Waals surface area contributed by atoms with Gasteiger partial charge < -0.3 is 28.8 Å². The molecule has 3 unspecified atom stereocenters. The average molecular weight is 1010 g/mol. The summed E-state index contributed by atoms with van der Waals surface area (Å²) >= 11 is 0. The van der Waals surface area contributed by atoms with Gasteiger partial charge in [-0.15, -0.1) is 0 Å². The number of aliphatic hydroxyl groups excluding tert-OH is 1. The van der Waals surface area contributed by atoms with Crippen molar-refractivity contribution in [3.63, 3.8) is 0 Å². The van der Waals surface area contributed by atoms with Crippen LogP contribution in [0.3, 0.4) is 0 Å². The third kappa shape index (κ3) is 54.5. The van der Waals surface area contributed by atoms with Crippen LogP contribution < -0.4 is 10.2 Å². The summed E-state index contributed by atoms with van der Waals surface area (Å²) < 4.78 is 23.4. The number of rotatable bonds is 50. The van der Waals surface area contributed by atoms with Crippen molar-refractivity contribution >= 4 is 13.7 Å². The van der Waals surface area contributed by atoms with Gasteiger partial charge in [0, 0.05) is 6.42 Å². The third-order valence-electron chi connectivity index (χ3n) is 12.0. The van der Waals surface area contributed by atoms with Crippen LogP contribution >= 0.6 is 7.82 Å². The quantitative estimate of drug-likeness (QED) is 0.0272. The van der Waals surface area contributed by atoms with Crippen LogP contribution in [-0.2, 0) is 18.4 Å². The Kier molecular flexibility index (Phi) is 49.5. The molecule has 71 heavy (non-hydrogen) atoms. The van der Waals surface area contributed by atoms with E-state index in [1.807, 2.05) is 21.1 Å². The molecule has 9 heteroatoms. The van der Waals surface area contributed by atoms with Gasteiger partial charge >= 0.3 is 0 Å². The van der Waals surface area contributed by atoms with Crippen LogP contribution in [0.15, 0.2) is 122 Å². The number of aliphatic hydroxyl groups is 1. The minimum absolute atomic E-state index is 0.00310. The first kappa shape index (κ1) is 67.9. The Morgan fingerprint density at radius 3 is 1.23 bits per heavy atom. The van der Waals surface area contributed by atoms with Gasteiger partial charge in [0.25, 0.3) is 7.82 Å². The molecule has 0 spiro atoms. The van der Waals surface area contributed by atoms with Crippen molar-refractivity contribution in [1.29, 1.82) is 0 Å². The van der Waals surface area contributed by atoms with Crippen LogP contribution in [0.5, 0.6) is 0 Å². The number of hydrogen-bond acceptors (Lipinski definition) is 6. The van der Waals surface area contributed by atoms with Crippen molar-refractivity contribution in [2.24, 2.45) is 0 Å². The second-order valence-corrected chi connectivity index (χ2v) is 21.3. The lowest BCUT2D eigenvalue weighted by Crippen LogP contribution is -2.46. The third-order valence-corrected chi connectivity index (χ3v) is 12.9. The first-order chi connectivity index (χ1) is 34.5. The van der Waals surface area contributed by atoms with Crippen LogP contribution in [0.1, 0.15) is 213 Å². The number of likely N-dealkylation sites (N-methyl/N-ethyl adjacent to an activating group) is 1. The van der Waals surface area contributed by atoms with Gasteiger partial charge in [-0.05, 0) is 89.9 Å². The van der Waals surface area contributed by atoms with Gasteiger partial charge in [0.15, 0.2) is 0 Å². The van der Waals surface area contributed by atoms with Crippen molar-refractivity contribution in [2.75, 3.05) is 40.9 Å². The molecule has 0 aromatic heterocycles. The lowest BCUT2D eigenvalue weighted by atomic mass is 10.0. The number of nitrogens with one attached hydrogen (secondary N) is 1. The SMILES string of the molecule is CC/C=C\C/C=C\C/C=C\C/C=C\C/C=C\C/C=C\C/C=C\C/C=C\C/C=C\C/C=C\CCCCC(=O)NC(COP(=O)([O-])OCC[N+](C)(C)C)C(O)CCCCCCCCCCCCCCCCCC. The second-order valence-electron chi connectivity index (χ2n) is 19.9. The summed E-state index contributed by atoms with van der Waals surface area (Å²) in [6.07, 6.45) is 76.6. The topological polar surface area (TPSA) is 108 Å². The maximum absolute atomic E-state index is 13.0. The molecular weight excluding hydrogens is 900 g/mol. The molecule has 0 saturated carbocycles. The van der Waals surface area contributed by atoms with Crippen LogP contribution in [0.4, 0.5) is 0 Å². The standard InChI is InChI=1S/C62H107N2O6P/c1-6-8-10-12-14-16-18-20-22-24-25-26-27-28-29-30-31-32-33-34-35-36-37-38-39-40-42-44-46-48-50-52-54-56-62(66)63-60(59-70-71(67,68)69-58-57-64(3,4)5)61(65)55-53-51-49-47-45-43-41-23-21-19-17-15-13-11-9-7-2/h8,10,14,16,20,22,25-26,28-29,31-32,34-35,37-38,40,42,46,48,60-61,65H,6-7,9,11-13,15,17-19,21,23-24,27,30,33,36,39,41,43-45,47,49-59H2,1-5H3,(H-,63,66,67,68)/b10-8-,16-14-,22-20-,26-25-,29-28-,32-31-,35-34-,38-37-,42-40-,48-46-. The largest absolute Gasteiger partial charge is 0.756 e. The molecule has 406 valence electrons. The van der Waals surface area contributed by atoms with Gasteiger partial charge in [-0.3, -0.25) is 9.36 Å². The molecule has 2 N–H and O–H groups in total. The van der Waals surface area contributed by atoms with Crippen LogP contribution in [-0.4, -0.2) is 68.5 Å². The molecule has 0 bridgehead atoms. The van der Waals surface area contributed by atoms with Crippen molar-refractivity contribution < 1.29 is 32.9 Å². The number of nitrogens with zero attached hydrogens (tertiary/aromatic N) is 1. The minimum Gasteiger partial charge on any atom is -0.756 e. The Morgan fingerprint density at radius 2 is 0.859 bits per heavy atom. The second kappa shape index (κ2) is 51.8. The summed E-state index contributed by atoms with van der Waals surface area (Å²) in [5.74, 6) is -0.211. The van der Waals surface area contributed by atoms with Crippen molar-refractivity contribution in [3.8, 4) is 0 Å². The predicted molar refractivity (Wildman–Crippen MR) is 306 cm³/mol. The molecular formula is C62H107N2O6P. The van der Waals surface area contributed by atoms with E-state index < -0.39 is 20.0 Å². The number of amides is 1. The lowest BCUT2D eigenvalue weighted by molar-refractivity contribution is -0.870. The van der Waals surface area contributed by atoms with Gasteiger partial charge in [0.1, 0.15) is 13.2 Å². The Bertz CT molecular complexity index is 1560. The number of unbranched alkanes of at least 4 members (excludes halogenated alkanes) is 17. The first-order valence-corrected chi connectivity index (χ1v) is 29.8. The summed E-state index contributed by atoms with van der Waals surface area (Å²) in [7, 11) is 1.26. The zero-order valence-electron chi connectivity index (χ0n) is 46.1. The zero-order chi connectivity index (χ0) is 52.0. The van der Waals surface area contributed by atoms with Crippen molar-refractivity contribution in [2.45, 2.75) is 225 Å². The Labute approximate surface area is 437 Å². The van der Waals surface area contributed by atoms with Gasteiger partial charge in [-0.2, -0.15) is 0 Å². The molecule has 0 saturated heterocycles. The molecule has 8 nitrogen and oxygen atoms in total. The molecule has 0 aromatic rings. The fourth-order valence-corrected chi connectivity index (χ4v) is 8.26. The maximum Gasteiger partial charge on any atom is 0.268 e. The van der Waals surface area contributed by atoms with E-state index in [0.29, 0.717) is 30.3 Å². The van der Waals surface area contributed by atoms with E-state index >= 15 is 0 Å². The predicted octanol–water partition coefficient (Wildman–Crippen LogP) is 16.7. The molecule has 0 aliphatic rings. The Hall–Kier alpha value is -3.10. The molecule has 0 radical (unpaired) electrons. The number of hydrogen-bond donors (Lipinski definition) is 2. The van der Waals surface area contributed by atoms with E-state index in [4.69, 9.17) is 9.05 Å². The van der Waals surface area contributed by atoms with E-state index in [9.17, 15) is 19.4 Å². The van der Waals surface area contributed by atoms with Gasteiger partial charge in [-0.1, -0.05) is 238 Å². The summed E-state index contributed by atoms with van der Waals surface area (Å²) in [5, 5.41) is 14.0. The first-order valence-electron chi connectivity index (χ1n) is 28.4. The molecule has 0 aliphatic carbocycles.